The predicted molar refractivity (Wildman–Crippen MR) is 107 cm³/mol. The lowest BCUT2D eigenvalue weighted by atomic mass is 10.0. The Kier molecular flexibility index (Phi) is 5.30. The van der Waals surface area contributed by atoms with Gasteiger partial charge in [-0.15, -0.1) is 0 Å². The molecule has 1 saturated heterocycles. The van der Waals surface area contributed by atoms with Crippen LogP contribution in [0, 0.1) is 20.8 Å². The molecule has 0 N–H and O–H groups in total. The lowest BCUT2D eigenvalue weighted by Gasteiger charge is -2.23. The van der Waals surface area contributed by atoms with Gasteiger partial charge in [0.05, 0.1) is 27.8 Å². The number of nitrogens with zero attached hydrogens (tertiary/aromatic N) is 2. The van der Waals surface area contributed by atoms with Gasteiger partial charge in [-0.1, -0.05) is 23.4 Å². The molecule has 26 heavy (non-hydrogen) atoms. The molecule has 3 rings (SSSR count). The van der Waals surface area contributed by atoms with E-state index in [-0.39, 0.29) is 29.2 Å². The molecule has 1 amide bonds. The average Bonchev–Trinajstić information content (AvgIpc) is 2.93. The van der Waals surface area contributed by atoms with E-state index in [2.05, 4.69) is 32.9 Å². The number of hydrogen-bond acceptors (Lipinski definition) is 5. The van der Waals surface area contributed by atoms with Gasteiger partial charge in [0.1, 0.15) is 0 Å². The van der Waals surface area contributed by atoms with E-state index in [9.17, 15) is 13.2 Å². The van der Waals surface area contributed by atoms with Crippen molar-refractivity contribution in [3.63, 3.8) is 0 Å². The average molecular weight is 393 g/mol. The maximum absolute atomic E-state index is 12.5. The van der Waals surface area contributed by atoms with E-state index in [1.807, 2.05) is 6.07 Å². The van der Waals surface area contributed by atoms with Crippen LogP contribution >= 0.6 is 11.8 Å². The molecule has 0 unspecified atom stereocenters. The molecular formula is C19H24N2O3S2. The van der Waals surface area contributed by atoms with Crippen molar-refractivity contribution in [2.75, 3.05) is 24.3 Å². The van der Waals surface area contributed by atoms with Crippen molar-refractivity contribution in [2.24, 2.45) is 0 Å². The van der Waals surface area contributed by atoms with Crippen molar-refractivity contribution < 1.29 is 13.2 Å². The third kappa shape index (κ3) is 4.04. The first-order valence-electron chi connectivity index (χ1n) is 8.64. The van der Waals surface area contributed by atoms with Gasteiger partial charge < -0.3 is 4.90 Å². The number of fused-ring (bicyclic) bond motifs is 1. The van der Waals surface area contributed by atoms with Crippen LogP contribution in [-0.2, 0) is 14.6 Å². The summed E-state index contributed by atoms with van der Waals surface area (Å²) in [5.41, 5.74) is 4.46. The molecule has 1 aliphatic heterocycles. The highest BCUT2D eigenvalue weighted by molar-refractivity contribution is 7.99. The summed E-state index contributed by atoms with van der Waals surface area (Å²) in [5.74, 6) is 0.450. The Morgan fingerprint density at radius 1 is 1.23 bits per heavy atom. The van der Waals surface area contributed by atoms with E-state index >= 15 is 0 Å². The zero-order valence-corrected chi connectivity index (χ0v) is 17.2. The maximum Gasteiger partial charge on any atom is 0.233 e. The van der Waals surface area contributed by atoms with E-state index in [1.54, 1.807) is 11.9 Å². The summed E-state index contributed by atoms with van der Waals surface area (Å²) in [6.07, 6.45) is 0.529. The third-order valence-corrected chi connectivity index (χ3v) is 7.57. The van der Waals surface area contributed by atoms with Crippen molar-refractivity contribution in [2.45, 2.75) is 38.3 Å². The maximum atomic E-state index is 12.5. The van der Waals surface area contributed by atoms with Crippen LogP contribution in [0.3, 0.4) is 0 Å². The standard InChI is InChI=1S/C19H24N2O3S2/c1-12-7-14(3)19-16(8-12)13(2)9-17(20-19)25-10-18(22)21(4)15-5-6-26(23,24)11-15/h7-9,15H,5-6,10-11H2,1-4H3/t15-/m1/s1. The van der Waals surface area contributed by atoms with Crippen LogP contribution in [0.15, 0.2) is 23.2 Å². The number of carbonyl (C=O) groups is 1. The fraction of sp³-hybridized carbons (Fsp3) is 0.474. The Morgan fingerprint density at radius 3 is 2.62 bits per heavy atom. The van der Waals surface area contributed by atoms with E-state index in [0.29, 0.717) is 6.42 Å². The van der Waals surface area contributed by atoms with Gasteiger partial charge in [0.2, 0.25) is 5.91 Å². The number of amides is 1. The van der Waals surface area contributed by atoms with Gasteiger partial charge in [0.25, 0.3) is 0 Å². The first-order valence-corrected chi connectivity index (χ1v) is 11.4. The zero-order chi connectivity index (χ0) is 19.1. The van der Waals surface area contributed by atoms with Crippen molar-refractivity contribution in [1.82, 2.24) is 9.88 Å². The highest BCUT2D eigenvalue weighted by Gasteiger charge is 2.32. The Hall–Kier alpha value is -1.60. The lowest BCUT2D eigenvalue weighted by Crippen LogP contribution is -2.38. The second-order valence-electron chi connectivity index (χ2n) is 7.11. The van der Waals surface area contributed by atoms with Crippen molar-refractivity contribution in [3.8, 4) is 0 Å². The van der Waals surface area contributed by atoms with Crippen LogP contribution in [-0.4, -0.2) is 54.6 Å². The third-order valence-electron chi connectivity index (χ3n) is 4.92. The zero-order valence-electron chi connectivity index (χ0n) is 15.6. The quantitative estimate of drug-likeness (QED) is 0.749. The predicted octanol–water partition coefficient (Wildman–Crippen LogP) is 2.90. The number of thioether (sulfide) groups is 1. The minimum Gasteiger partial charge on any atom is -0.341 e. The summed E-state index contributed by atoms with van der Waals surface area (Å²) in [6.45, 7) is 6.19. The van der Waals surface area contributed by atoms with Crippen molar-refractivity contribution in [1.29, 1.82) is 0 Å². The molecule has 7 heteroatoms. The number of aromatic nitrogens is 1. The molecule has 1 atom stereocenters. The Labute approximate surface area is 159 Å². The van der Waals surface area contributed by atoms with Crippen molar-refractivity contribution in [3.05, 3.63) is 34.9 Å². The Morgan fingerprint density at radius 2 is 1.96 bits per heavy atom. The molecule has 2 heterocycles. The minimum absolute atomic E-state index is 0.0581. The summed E-state index contributed by atoms with van der Waals surface area (Å²) in [4.78, 5) is 18.8. The normalized spacial score (nSPS) is 19.0. The molecule has 1 fully saturated rings. The largest absolute Gasteiger partial charge is 0.341 e. The molecule has 1 aromatic carbocycles. The van der Waals surface area contributed by atoms with E-state index in [0.717, 1.165) is 27.1 Å². The molecule has 1 aliphatic rings. The monoisotopic (exact) mass is 392 g/mol. The van der Waals surface area contributed by atoms with Gasteiger partial charge in [0, 0.05) is 18.5 Å². The number of hydrogen-bond donors (Lipinski definition) is 0. The highest BCUT2D eigenvalue weighted by Crippen LogP contribution is 2.27. The molecule has 140 valence electrons. The topological polar surface area (TPSA) is 67.3 Å². The SMILES string of the molecule is Cc1cc(C)c2nc(SCC(=O)N(C)[C@@H]3CCS(=O)(=O)C3)cc(C)c2c1. The van der Waals surface area contributed by atoms with Crippen LogP contribution < -0.4 is 0 Å². The van der Waals surface area contributed by atoms with Gasteiger partial charge in [0.15, 0.2) is 9.84 Å². The summed E-state index contributed by atoms with van der Waals surface area (Å²) < 4.78 is 23.2. The Bertz CT molecular complexity index is 970. The Balaban J connectivity index is 1.72. The molecule has 0 saturated carbocycles. The van der Waals surface area contributed by atoms with Crippen LogP contribution in [0.1, 0.15) is 23.1 Å². The van der Waals surface area contributed by atoms with Crippen LogP contribution in [0.5, 0.6) is 0 Å². The van der Waals surface area contributed by atoms with Gasteiger partial charge in [-0.2, -0.15) is 0 Å². The fourth-order valence-corrected chi connectivity index (χ4v) is 6.08. The molecule has 2 aromatic rings. The number of pyridine rings is 1. The van der Waals surface area contributed by atoms with E-state index in [4.69, 9.17) is 4.98 Å². The summed E-state index contributed by atoms with van der Waals surface area (Å²) in [7, 11) is -1.30. The summed E-state index contributed by atoms with van der Waals surface area (Å²) in [5, 5.41) is 1.97. The van der Waals surface area contributed by atoms with Crippen molar-refractivity contribution >= 4 is 38.4 Å². The van der Waals surface area contributed by atoms with Gasteiger partial charge >= 0.3 is 0 Å². The molecule has 0 radical (unpaired) electrons. The number of carbonyl (C=O) groups excluding carboxylic acids is 1. The number of rotatable bonds is 4. The highest BCUT2D eigenvalue weighted by atomic mass is 32.2. The fourth-order valence-electron chi connectivity index (χ4n) is 3.41. The summed E-state index contributed by atoms with van der Waals surface area (Å²) in [6, 6.07) is 6.06. The summed E-state index contributed by atoms with van der Waals surface area (Å²) >= 11 is 1.41. The van der Waals surface area contributed by atoms with Gasteiger partial charge in [-0.25, -0.2) is 13.4 Å². The number of benzene rings is 1. The van der Waals surface area contributed by atoms with Gasteiger partial charge in [-0.3, -0.25) is 4.79 Å². The molecule has 1 aromatic heterocycles. The number of sulfone groups is 1. The lowest BCUT2D eigenvalue weighted by molar-refractivity contribution is -0.128. The molecule has 5 nitrogen and oxygen atoms in total. The molecule has 0 bridgehead atoms. The first kappa shape index (κ1) is 19.2. The number of aryl methyl sites for hydroxylation is 3. The molecule has 0 spiro atoms. The second kappa shape index (κ2) is 7.19. The minimum atomic E-state index is -2.99. The molecular weight excluding hydrogens is 368 g/mol. The van der Waals surface area contributed by atoms with Gasteiger partial charge in [-0.05, 0) is 50.5 Å². The van der Waals surface area contributed by atoms with Crippen LogP contribution in [0.25, 0.3) is 10.9 Å². The second-order valence-corrected chi connectivity index (χ2v) is 10.3. The van der Waals surface area contributed by atoms with E-state index < -0.39 is 9.84 Å². The van der Waals surface area contributed by atoms with Crippen LogP contribution in [0.4, 0.5) is 0 Å². The van der Waals surface area contributed by atoms with Crippen LogP contribution in [0.2, 0.25) is 0 Å². The first-order chi connectivity index (χ1) is 12.2. The molecule has 0 aliphatic carbocycles. The smallest absolute Gasteiger partial charge is 0.233 e. The van der Waals surface area contributed by atoms with E-state index in [1.165, 1.54) is 17.3 Å².